The molecular formula is C13H27NO. The van der Waals surface area contributed by atoms with Crippen LogP contribution in [0, 0.1) is 11.8 Å². The highest BCUT2D eigenvalue weighted by atomic mass is 16.3. The first kappa shape index (κ1) is 13.0. The molecule has 1 fully saturated rings. The molecule has 0 aromatic carbocycles. The molecule has 1 aliphatic rings. The van der Waals surface area contributed by atoms with Gasteiger partial charge in [0.15, 0.2) is 0 Å². The second-order valence-electron chi connectivity index (χ2n) is 5.43. The lowest BCUT2D eigenvalue weighted by molar-refractivity contribution is 0.0258. The van der Waals surface area contributed by atoms with Crippen molar-refractivity contribution < 1.29 is 5.11 Å². The van der Waals surface area contributed by atoms with Crippen LogP contribution in [0.3, 0.4) is 0 Å². The van der Waals surface area contributed by atoms with Crippen LogP contribution in [0.15, 0.2) is 0 Å². The first-order valence-electron chi connectivity index (χ1n) is 6.46. The minimum Gasteiger partial charge on any atom is -0.393 e. The van der Waals surface area contributed by atoms with Gasteiger partial charge in [-0.1, -0.05) is 13.8 Å². The summed E-state index contributed by atoms with van der Waals surface area (Å²) in [7, 11) is 0. The molecule has 0 aromatic rings. The van der Waals surface area contributed by atoms with Crippen molar-refractivity contribution >= 4 is 0 Å². The van der Waals surface area contributed by atoms with E-state index in [1.165, 1.54) is 12.8 Å². The molecule has 0 bridgehead atoms. The first-order valence-corrected chi connectivity index (χ1v) is 6.46. The Morgan fingerprint density at radius 2 is 2.00 bits per heavy atom. The predicted molar refractivity (Wildman–Crippen MR) is 64.9 cm³/mol. The molecule has 2 heteroatoms. The van der Waals surface area contributed by atoms with Gasteiger partial charge in [0.25, 0.3) is 0 Å². The van der Waals surface area contributed by atoms with Gasteiger partial charge < -0.3 is 10.0 Å². The van der Waals surface area contributed by atoms with Crippen LogP contribution in [0.25, 0.3) is 0 Å². The maximum atomic E-state index is 9.99. The van der Waals surface area contributed by atoms with Gasteiger partial charge >= 0.3 is 0 Å². The Hall–Kier alpha value is -0.0800. The maximum absolute atomic E-state index is 9.99. The lowest BCUT2D eigenvalue weighted by atomic mass is 9.80. The van der Waals surface area contributed by atoms with E-state index in [2.05, 4.69) is 32.6 Å². The average Bonchev–Trinajstić information content (AvgIpc) is 2.18. The fourth-order valence-electron chi connectivity index (χ4n) is 2.69. The minimum atomic E-state index is -0.0611. The second-order valence-corrected chi connectivity index (χ2v) is 5.43. The molecule has 3 unspecified atom stereocenters. The summed E-state index contributed by atoms with van der Waals surface area (Å²) in [6.45, 7) is 11.2. The van der Waals surface area contributed by atoms with Crippen LogP contribution >= 0.6 is 0 Å². The van der Waals surface area contributed by atoms with Gasteiger partial charge in [-0.2, -0.15) is 0 Å². The molecule has 2 nitrogen and oxygen atoms in total. The normalized spacial score (nSPS) is 32.6. The molecule has 90 valence electrons. The molecule has 0 radical (unpaired) electrons. The molecule has 0 heterocycles. The van der Waals surface area contributed by atoms with Crippen molar-refractivity contribution in [2.24, 2.45) is 11.8 Å². The Balaban J connectivity index is 2.47. The zero-order chi connectivity index (χ0) is 11.4. The van der Waals surface area contributed by atoms with Gasteiger partial charge in [-0.05, 0) is 51.5 Å². The maximum Gasteiger partial charge on any atom is 0.0580 e. The highest BCUT2D eigenvalue weighted by Crippen LogP contribution is 2.29. The molecule has 3 atom stereocenters. The largest absolute Gasteiger partial charge is 0.393 e. The smallest absolute Gasteiger partial charge is 0.0580 e. The summed E-state index contributed by atoms with van der Waals surface area (Å²) >= 11 is 0. The van der Waals surface area contributed by atoms with Gasteiger partial charge in [-0.15, -0.1) is 0 Å². The third kappa shape index (κ3) is 3.76. The SMILES string of the molecule is CCN(CC1CC(C)CCC1O)C(C)C. The zero-order valence-corrected chi connectivity index (χ0v) is 10.7. The van der Waals surface area contributed by atoms with Crippen molar-refractivity contribution in [1.29, 1.82) is 0 Å². The van der Waals surface area contributed by atoms with E-state index in [9.17, 15) is 5.11 Å². The van der Waals surface area contributed by atoms with Gasteiger partial charge in [-0.25, -0.2) is 0 Å². The van der Waals surface area contributed by atoms with Crippen LogP contribution in [0.5, 0.6) is 0 Å². The van der Waals surface area contributed by atoms with Crippen molar-refractivity contribution in [1.82, 2.24) is 4.90 Å². The summed E-state index contributed by atoms with van der Waals surface area (Å²) < 4.78 is 0. The van der Waals surface area contributed by atoms with Crippen molar-refractivity contribution in [3.63, 3.8) is 0 Å². The highest BCUT2D eigenvalue weighted by Gasteiger charge is 2.28. The van der Waals surface area contributed by atoms with Gasteiger partial charge in [0.05, 0.1) is 6.10 Å². The molecule has 0 spiro atoms. The Kier molecular flexibility index (Phi) is 5.07. The fourth-order valence-corrected chi connectivity index (χ4v) is 2.69. The number of aliphatic hydroxyl groups is 1. The lowest BCUT2D eigenvalue weighted by Crippen LogP contribution is -2.41. The Morgan fingerprint density at radius 1 is 1.33 bits per heavy atom. The Labute approximate surface area is 94.7 Å². The minimum absolute atomic E-state index is 0.0611. The van der Waals surface area contributed by atoms with Crippen LogP contribution in [0.1, 0.15) is 47.0 Å². The highest BCUT2D eigenvalue weighted by molar-refractivity contribution is 4.81. The summed E-state index contributed by atoms with van der Waals surface area (Å²) in [4.78, 5) is 2.46. The predicted octanol–water partition coefficient (Wildman–Crippen LogP) is 2.51. The van der Waals surface area contributed by atoms with Crippen LogP contribution in [0.4, 0.5) is 0 Å². The number of hydrogen-bond acceptors (Lipinski definition) is 2. The van der Waals surface area contributed by atoms with E-state index in [-0.39, 0.29) is 6.10 Å². The van der Waals surface area contributed by atoms with Crippen LogP contribution in [-0.2, 0) is 0 Å². The third-order valence-electron chi connectivity index (χ3n) is 3.81. The van der Waals surface area contributed by atoms with Gasteiger partial charge in [0.1, 0.15) is 0 Å². The van der Waals surface area contributed by atoms with E-state index in [4.69, 9.17) is 0 Å². The molecule has 1 N–H and O–H groups in total. The molecule has 0 saturated heterocycles. The number of nitrogens with zero attached hydrogens (tertiary/aromatic N) is 1. The number of rotatable bonds is 4. The summed E-state index contributed by atoms with van der Waals surface area (Å²) in [5.74, 6) is 1.29. The summed E-state index contributed by atoms with van der Waals surface area (Å²) in [6, 6.07) is 0.597. The van der Waals surface area contributed by atoms with E-state index < -0.39 is 0 Å². The first-order chi connectivity index (χ1) is 7.04. The number of aliphatic hydroxyl groups excluding tert-OH is 1. The van der Waals surface area contributed by atoms with Gasteiger partial charge in [0, 0.05) is 12.6 Å². The monoisotopic (exact) mass is 213 g/mol. The molecule has 0 amide bonds. The molecule has 1 aliphatic carbocycles. The summed E-state index contributed by atoms with van der Waals surface area (Å²) in [5, 5.41) is 9.99. The zero-order valence-electron chi connectivity index (χ0n) is 10.7. The molecule has 0 aliphatic heterocycles. The third-order valence-corrected chi connectivity index (χ3v) is 3.81. The topological polar surface area (TPSA) is 23.5 Å². The van der Waals surface area contributed by atoms with E-state index in [1.54, 1.807) is 0 Å². The summed E-state index contributed by atoms with van der Waals surface area (Å²) in [6.07, 6.45) is 3.34. The number of hydrogen-bond donors (Lipinski definition) is 1. The molecular weight excluding hydrogens is 186 g/mol. The van der Waals surface area contributed by atoms with Crippen molar-refractivity contribution in [3.05, 3.63) is 0 Å². The second kappa shape index (κ2) is 5.86. The Morgan fingerprint density at radius 3 is 2.53 bits per heavy atom. The van der Waals surface area contributed by atoms with Crippen LogP contribution in [0.2, 0.25) is 0 Å². The molecule has 0 aromatic heterocycles. The lowest BCUT2D eigenvalue weighted by Gasteiger charge is -2.36. The van der Waals surface area contributed by atoms with E-state index in [0.717, 1.165) is 25.4 Å². The van der Waals surface area contributed by atoms with Crippen molar-refractivity contribution in [2.75, 3.05) is 13.1 Å². The standard InChI is InChI=1S/C13H27NO/c1-5-14(10(2)3)9-12-8-11(4)6-7-13(12)15/h10-13,15H,5-9H2,1-4H3. The summed E-state index contributed by atoms with van der Waals surface area (Å²) in [5.41, 5.74) is 0. The van der Waals surface area contributed by atoms with Crippen molar-refractivity contribution in [2.45, 2.75) is 59.1 Å². The van der Waals surface area contributed by atoms with Gasteiger partial charge in [0.2, 0.25) is 0 Å². The van der Waals surface area contributed by atoms with Gasteiger partial charge in [-0.3, -0.25) is 0 Å². The van der Waals surface area contributed by atoms with E-state index in [0.29, 0.717) is 12.0 Å². The molecule has 15 heavy (non-hydrogen) atoms. The Bertz CT molecular complexity index is 181. The van der Waals surface area contributed by atoms with Crippen molar-refractivity contribution in [3.8, 4) is 0 Å². The fraction of sp³-hybridized carbons (Fsp3) is 1.00. The molecule has 1 saturated carbocycles. The average molecular weight is 213 g/mol. The van der Waals surface area contributed by atoms with Crippen LogP contribution < -0.4 is 0 Å². The van der Waals surface area contributed by atoms with Crippen LogP contribution in [-0.4, -0.2) is 35.2 Å². The molecule has 1 rings (SSSR count). The van der Waals surface area contributed by atoms with E-state index in [1.807, 2.05) is 0 Å². The van der Waals surface area contributed by atoms with E-state index >= 15 is 0 Å². The quantitative estimate of drug-likeness (QED) is 0.775.